The number of methoxy groups -OCH3 is 1. The third-order valence-electron chi connectivity index (χ3n) is 4.83. The molecule has 3 rings (SSSR count). The Balaban J connectivity index is 2.02. The van der Waals surface area contributed by atoms with Gasteiger partial charge in [-0.05, 0) is 37.8 Å². The predicted molar refractivity (Wildman–Crippen MR) is 87.1 cm³/mol. The van der Waals surface area contributed by atoms with Crippen molar-refractivity contribution in [2.75, 3.05) is 7.11 Å². The summed E-state index contributed by atoms with van der Waals surface area (Å²) in [6, 6.07) is 6.57. The summed E-state index contributed by atoms with van der Waals surface area (Å²) in [5, 5.41) is 0. The van der Waals surface area contributed by atoms with Gasteiger partial charge in [-0.2, -0.15) is 0 Å². The Morgan fingerprint density at radius 3 is 2.76 bits per heavy atom. The summed E-state index contributed by atoms with van der Waals surface area (Å²) >= 11 is 6.15. The molecule has 1 fully saturated rings. The Kier molecular flexibility index (Phi) is 4.39. The zero-order valence-corrected chi connectivity index (χ0v) is 13.6. The largest absolute Gasteiger partial charge is 0.497 e. The molecule has 0 spiro atoms. The van der Waals surface area contributed by atoms with Gasteiger partial charge in [-0.25, -0.2) is 4.98 Å². The molecule has 114 valence electrons. The first-order valence-corrected chi connectivity index (χ1v) is 8.39. The summed E-state index contributed by atoms with van der Waals surface area (Å²) in [6.07, 6.45) is 6.72. The fourth-order valence-corrected chi connectivity index (χ4v) is 3.82. The van der Waals surface area contributed by atoms with Gasteiger partial charge >= 0.3 is 0 Å². The minimum absolute atomic E-state index is 0.452. The van der Waals surface area contributed by atoms with Crippen molar-refractivity contribution in [1.29, 1.82) is 0 Å². The smallest absolute Gasteiger partial charge is 0.125 e. The van der Waals surface area contributed by atoms with Crippen LogP contribution in [0.25, 0.3) is 11.0 Å². The zero-order valence-electron chi connectivity index (χ0n) is 12.8. The van der Waals surface area contributed by atoms with Crippen LogP contribution in [0.15, 0.2) is 18.2 Å². The second-order valence-electron chi connectivity index (χ2n) is 6.03. The lowest BCUT2D eigenvalue weighted by Gasteiger charge is -2.30. The molecule has 1 aromatic carbocycles. The van der Waals surface area contributed by atoms with Crippen molar-refractivity contribution in [2.24, 2.45) is 5.92 Å². The molecule has 0 amide bonds. The number of alkyl halides is 1. The number of nitrogens with zero attached hydrogens (tertiary/aromatic N) is 2. The lowest BCUT2D eigenvalue weighted by Crippen LogP contribution is -2.20. The van der Waals surface area contributed by atoms with E-state index in [-0.39, 0.29) is 0 Å². The van der Waals surface area contributed by atoms with E-state index >= 15 is 0 Å². The number of hydrogen-bond acceptors (Lipinski definition) is 2. The third kappa shape index (κ3) is 2.76. The minimum Gasteiger partial charge on any atom is -0.497 e. The van der Waals surface area contributed by atoms with Crippen molar-refractivity contribution in [2.45, 2.75) is 50.9 Å². The maximum Gasteiger partial charge on any atom is 0.125 e. The number of rotatable bonds is 4. The van der Waals surface area contributed by atoms with Gasteiger partial charge in [0.25, 0.3) is 0 Å². The summed E-state index contributed by atoms with van der Waals surface area (Å²) in [6.45, 7) is 2.32. The van der Waals surface area contributed by atoms with Gasteiger partial charge in [-0.15, -0.1) is 11.6 Å². The molecule has 2 aromatic rings. The molecule has 0 saturated heterocycles. The van der Waals surface area contributed by atoms with E-state index in [1.807, 2.05) is 12.1 Å². The highest BCUT2D eigenvalue weighted by atomic mass is 35.5. The lowest BCUT2D eigenvalue weighted by molar-refractivity contribution is 0.265. The van der Waals surface area contributed by atoms with Crippen molar-refractivity contribution in [3.8, 4) is 5.75 Å². The second-order valence-corrected chi connectivity index (χ2v) is 6.29. The molecule has 1 atom stereocenters. The van der Waals surface area contributed by atoms with Gasteiger partial charge in [0.15, 0.2) is 0 Å². The highest BCUT2D eigenvalue weighted by Gasteiger charge is 2.24. The van der Waals surface area contributed by atoms with E-state index < -0.39 is 0 Å². The van der Waals surface area contributed by atoms with Gasteiger partial charge in [0.05, 0.1) is 24.0 Å². The Bertz CT molecular complexity index is 617. The summed E-state index contributed by atoms with van der Waals surface area (Å²) in [4.78, 5) is 4.71. The number of ether oxygens (including phenoxy) is 1. The Morgan fingerprint density at radius 2 is 2.10 bits per heavy atom. The van der Waals surface area contributed by atoms with E-state index in [1.54, 1.807) is 7.11 Å². The van der Waals surface area contributed by atoms with Crippen molar-refractivity contribution in [3.05, 3.63) is 24.0 Å². The average molecular weight is 307 g/mol. The van der Waals surface area contributed by atoms with Crippen molar-refractivity contribution < 1.29 is 4.74 Å². The Morgan fingerprint density at radius 1 is 1.33 bits per heavy atom. The van der Waals surface area contributed by atoms with Gasteiger partial charge in [0.2, 0.25) is 0 Å². The minimum atomic E-state index is 0.452. The molecule has 0 aliphatic heterocycles. The Hall–Kier alpha value is -1.22. The fraction of sp³-hybridized carbons (Fsp3) is 0.588. The number of aromatic nitrogens is 2. The molecular formula is C17H23ClN2O. The first-order valence-electron chi connectivity index (χ1n) is 7.85. The Labute approximate surface area is 131 Å². The topological polar surface area (TPSA) is 27.1 Å². The molecule has 1 unspecified atom stereocenters. The maximum atomic E-state index is 6.15. The van der Waals surface area contributed by atoms with Crippen LogP contribution in [0, 0.1) is 5.92 Å². The van der Waals surface area contributed by atoms with Gasteiger partial charge in [0, 0.05) is 12.1 Å². The summed E-state index contributed by atoms with van der Waals surface area (Å²) in [5.74, 6) is 3.01. The van der Waals surface area contributed by atoms with Crippen LogP contribution in [-0.4, -0.2) is 16.7 Å². The number of halogens is 1. The fourth-order valence-electron chi connectivity index (χ4n) is 3.63. The third-order valence-corrected chi connectivity index (χ3v) is 5.07. The second kappa shape index (κ2) is 6.27. The molecule has 21 heavy (non-hydrogen) atoms. The number of benzene rings is 1. The van der Waals surface area contributed by atoms with Crippen LogP contribution in [0.1, 0.15) is 50.9 Å². The highest BCUT2D eigenvalue weighted by molar-refractivity contribution is 6.16. The van der Waals surface area contributed by atoms with Crippen molar-refractivity contribution in [3.63, 3.8) is 0 Å². The van der Waals surface area contributed by atoms with E-state index in [9.17, 15) is 0 Å². The summed E-state index contributed by atoms with van der Waals surface area (Å²) < 4.78 is 7.64. The van der Waals surface area contributed by atoms with Crippen LogP contribution in [0.3, 0.4) is 0 Å². The van der Waals surface area contributed by atoms with Gasteiger partial charge in [-0.1, -0.05) is 19.3 Å². The molecule has 3 nitrogen and oxygen atoms in total. The first kappa shape index (κ1) is 14.7. The van der Waals surface area contributed by atoms with Gasteiger partial charge in [0.1, 0.15) is 11.6 Å². The first-order chi connectivity index (χ1) is 10.2. The highest BCUT2D eigenvalue weighted by Crippen LogP contribution is 2.36. The van der Waals surface area contributed by atoms with Gasteiger partial charge in [-0.3, -0.25) is 0 Å². The van der Waals surface area contributed by atoms with E-state index in [1.165, 1.54) is 37.6 Å². The molecule has 1 aliphatic rings. The quantitative estimate of drug-likeness (QED) is 0.749. The normalized spacial score (nSPS) is 18.0. The molecule has 4 heteroatoms. The van der Waals surface area contributed by atoms with Crippen LogP contribution in [0.4, 0.5) is 0 Å². The van der Waals surface area contributed by atoms with Gasteiger partial charge < -0.3 is 9.30 Å². The molecule has 0 radical (unpaired) electrons. The molecule has 0 N–H and O–H groups in total. The van der Waals surface area contributed by atoms with E-state index in [2.05, 4.69) is 17.6 Å². The average Bonchev–Trinajstić information content (AvgIpc) is 2.92. The van der Waals surface area contributed by atoms with Crippen LogP contribution in [0.2, 0.25) is 0 Å². The summed E-state index contributed by atoms with van der Waals surface area (Å²) in [5.41, 5.74) is 2.15. The molecule has 1 aliphatic carbocycles. The molecule has 1 aromatic heterocycles. The predicted octanol–water partition coefficient (Wildman–Crippen LogP) is 4.93. The van der Waals surface area contributed by atoms with E-state index in [4.69, 9.17) is 21.3 Å². The maximum absolute atomic E-state index is 6.15. The monoisotopic (exact) mass is 306 g/mol. The van der Waals surface area contributed by atoms with Crippen molar-refractivity contribution >= 4 is 22.6 Å². The number of fused-ring (bicyclic) bond motifs is 1. The van der Waals surface area contributed by atoms with Crippen LogP contribution < -0.4 is 4.74 Å². The van der Waals surface area contributed by atoms with E-state index in [0.717, 1.165) is 23.0 Å². The SMILES string of the molecule is COc1ccc2c(c1)nc(CCl)n2C(C)C1CCCCC1. The molecule has 1 heterocycles. The lowest BCUT2D eigenvalue weighted by atomic mass is 9.84. The standard InChI is InChI=1S/C17H23ClN2O/c1-12(13-6-4-3-5-7-13)20-16-9-8-14(21-2)10-15(16)19-17(20)11-18/h8-10,12-13H,3-7,11H2,1-2H3. The molecule has 1 saturated carbocycles. The number of imidazole rings is 1. The summed E-state index contributed by atoms with van der Waals surface area (Å²) in [7, 11) is 1.69. The molecular weight excluding hydrogens is 284 g/mol. The molecule has 0 bridgehead atoms. The van der Waals surface area contributed by atoms with E-state index in [0.29, 0.717) is 11.9 Å². The van der Waals surface area contributed by atoms with Crippen LogP contribution >= 0.6 is 11.6 Å². The zero-order chi connectivity index (χ0) is 14.8. The van der Waals surface area contributed by atoms with Crippen LogP contribution in [-0.2, 0) is 5.88 Å². The van der Waals surface area contributed by atoms with Crippen LogP contribution in [0.5, 0.6) is 5.75 Å². The number of hydrogen-bond donors (Lipinski definition) is 0. The van der Waals surface area contributed by atoms with Crippen molar-refractivity contribution in [1.82, 2.24) is 9.55 Å².